The summed E-state index contributed by atoms with van der Waals surface area (Å²) in [7, 11) is 0. The molecule has 0 atom stereocenters. The summed E-state index contributed by atoms with van der Waals surface area (Å²) >= 11 is 14.0. The van der Waals surface area contributed by atoms with Gasteiger partial charge in [0.2, 0.25) is 10.9 Å². The first-order valence-corrected chi connectivity index (χ1v) is 13.7. The summed E-state index contributed by atoms with van der Waals surface area (Å²) in [5.74, 6) is 0. The van der Waals surface area contributed by atoms with Gasteiger partial charge in [0.1, 0.15) is 0 Å². The lowest BCUT2D eigenvalue weighted by Crippen LogP contribution is -2.14. The van der Waals surface area contributed by atoms with Crippen molar-refractivity contribution in [1.29, 1.82) is 0 Å². The standard InChI is InChI=1S/C26H12Cl2O3S3/c27-15-9-11-19-21(23(29)13-5-1-3-7-17(13)32-19)25(15)34(31)26-16(28)10-12-20-22(26)24(30)14-6-2-4-8-18(14)33-20/h1-12H. The zero-order chi connectivity index (χ0) is 23.6. The minimum Gasteiger partial charge on any atom is -0.606 e. The van der Waals surface area contributed by atoms with Gasteiger partial charge in [0.05, 0.1) is 20.8 Å². The second kappa shape index (κ2) is 8.34. The van der Waals surface area contributed by atoms with Crippen LogP contribution in [0.15, 0.2) is 92.2 Å². The maximum Gasteiger partial charge on any atom is 0.201 e. The van der Waals surface area contributed by atoms with E-state index in [0.717, 1.165) is 9.40 Å². The van der Waals surface area contributed by atoms with Gasteiger partial charge in [-0.3, -0.25) is 9.59 Å². The largest absolute Gasteiger partial charge is 0.606 e. The molecule has 0 saturated heterocycles. The van der Waals surface area contributed by atoms with Gasteiger partial charge in [0.15, 0.2) is 9.79 Å². The number of hydrogen-bond donors (Lipinski definition) is 0. The van der Waals surface area contributed by atoms with Gasteiger partial charge < -0.3 is 4.55 Å². The molecule has 4 aromatic carbocycles. The molecule has 0 fully saturated rings. The molecular weight excluding hydrogens is 527 g/mol. The monoisotopic (exact) mass is 538 g/mol. The van der Waals surface area contributed by atoms with E-state index in [2.05, 4.69) is 0 Å². The molecule has 2 aromatic heterocycles. The predicted octanol–water partition coefficient (Wildman–Crippen LogP) is 7.62. The fourth-order valence-corrected chi connectivity index (χ4v) is 8.65. The second-order valence-corrected chi connectivity index (χ2v) is 12.0. The van der Waals surface area contributed by atoms with Crippen LogP contribution in [-0.2, 0) is 11.2 Å². The third-order valence-corrected chi connectivity index (χ3v) is 10.4. The Labute approximate surface area is 214 Å². The van der Waals surface area contributed by atoms with Crippen LogP contribution in [0.1, 0.15) is 0 Å². The highest BCUT2D eigenvalue weighted by atomic mass is 35.5. The number of rotatable bonds is 2. The summed E-state index contributed by atoms with van der Waals surface area (Å²) in [4.78, 5) is 27.4. The van der Waals surface area contributed by atoms with Gasteiger partial charge in [-0.2, -0.15) is 0 Å². The lowest BCUT2D eigenvalue weighted by atomic mass is 10.2. The fourth-order valence-electron chi connectivity index (χ4n) is 4.14. The molecule has 0 aliphatic rings. The molecule has 0 amide bonds. The van der Waals surface area contributed by atoms with Gasteiger partial charge in [-0.1, -0.05) is 47.5 Å². The van der Waals surface area contributed by atoms with E-state index in [1.54, 1.807) is 48.5 Å². The van der Waals surface area contributed by atoms with Crippen molar-refractivity contribution in [2.24, 2.45) is 0 Å². The summed E-state index contributed by atoms with van der Waals surface area (Å²) in [6.07, 6.45) is 0. The molecule has 0 N–H and O–H groups in total. The van der Waals surface area contributed by atoms with Gasteiger partial charge in [0.25, 0.3) is 0 Å². The lowest BCUT2D eigenvalue weighted by Gasteiger charge is -2.16. The van der Waals surface area contributed by atoms with Crippen molar-refractivity contribution in [3.05, 3.63) is 103 Å². The average molecular weight is 539 g/mol. The fraction of sp³-hybridized carbons (Fsp3) is 0. The molecule has 8 heteroatoms. The average Bonchev–Trinajstić information content (AvgIpc) is 2.85. The second-order valence-electron chi connectivity index (χ2n) is 7.62. The molecule has 0 aliphatic carbocycles. The third-order valence-electron chi connectivity index (χ3n) is 5.67. The summed E-state index contributed by atoms with van der Waals surface area (Å²) < 4.78 is 17.2. The van der Waals surface area contributed by atoms with E-state index >= 15 is 0 Å². The third kappa shape index (κ3) is 3.29. The van der Waals surface area contributed by atoms with E-state index in [4.69, 9.17) is 23.2 Å². The minimum atomic E-state index is -1.98. The Kier molecular flexibility index (Phi) is 5.41. The van der Waals surface area contributed by atoms with E-state index < -0.39 is 11.2 Å². The number of hydrogen-bond acceptors (Lipinski definition) is 5. The van der Waals surface area contributed by atoms with Gasteiger partial charge >= 0.3 is 0 Å². The number of fused-ring (bicyclic) bond motifs is 4. The summed E-state index contributed by atoms with van der Waals surface area (Å²) in [5, 5.41) is 2.02. The van der Waals surface area contributed by atoms with E-state index in [-0.39, 0.29) is 30.7 Å². The van der Waals surface area contributed by atoms with Crippen LogP contribution in [-0.4, -0.2) is 4.55 Å². The van der Waals surface area contributed by atoms with E-state index in [9.17, 15) is 14.1 Å². The zero-order valence-electron chi connectivity index (χ0n) is 17.1. The minimum absolute atomic E-state index is 0.179. The summed E-state index contributed by atoms with van der Waals surface area (Å²) in [5.41, 5.74) is -0.496. The molecule has 6 rings (SSSR count). The highest BCUT2D eigenvalue weighted by molar-refractivity contribution is 7.92. The van der Waals surface area contributed by atoms with Crippen molar-refractivity contribution >= 4 is 97.4 Å². The normalized spacial score (nSPS) is 11.9. The molecular formula is C26H12Cl2O3S3. The van der Waals surface area contributed by atoms with Crippen molar-refractivity contribution in [2.45, 2.75) is 9.79 Å². The Morgan fingerprint density at radius 3 is 1.44 bits per heavy atom. The molecule has 0 spiro atoms. The molecule has 0 aliphatic heterocycles. The van der Waals surface area contributed by atoms with Crippen molar-refractivity contribution in [3.8, 4) is 0 Å². The molecule has 0 unspecified atom stereocenters. The van der Waals surface area contributed by atoms with E-state index in [1.165, 1.54) is 22.7 Å². The number of halogens is 2. The Hall–Kier alpha value is -2.45. The van der Waals surface area contributed by atoms with E-state index in [0.29, 0.717) is 30.9 Å². The molecule has 6 aromatic rings. The van der Waals surface area contributed by atoms with Gasteiger partial charge in [0, 0.05) is 40.7 Å². The Morgan fingerprint density at radius 1 is 0.588 bits per heavy atom. The smallest absolute Gasteiger partial charge is 0.201 e. The van der Waals surface area contributed by atoms with E-state index in [1.807, 2.05) is 24.3 Å². The van der Waals surface area contributed by atoms with Crippen LogP contribution in [0.25, 0.3) is 40.3 Å². The molecule has 166 valence electrons. The quantitative estimate of drug-likeness (QED) is 0.168. The van der Waals surface area contributed by atoms with Gasteiger partial charge in [-0.05, 0) is 48.5 Å². The lowest BCUT2D eigenvalue weighted by molar-refractivity contribution is 0.597. The molecule has 34 heavy (non-hydrogen) atoms. The Balaban J connectivity index is 1.73. The highest BCUT2D eigenvalue weighted by Crippen LogP contribution is 2.41. The maximum absolute atomic E-state index is 14.2. The molecule has 2 heterocycles. The molecule has 0 saturated carbocycles. The highest BCUT2D eigenvalue weighted by Gasteiger charge is 2.30. The Bertz CT molecular complexity index is 1770. The number of benzene rings is 4. The SMILES string of the molecule is O=c1c2ccccc2sc2ccc(Cl)c([S+]([O-])c3c(Cl)ccc4sc5ccccc5c(=O)c34)c12. The molecule has 0 bridgehead atoms. The maximum atomic E-state index is 14.2. The molecule has 3 nitrogen and oxygen atoms in total. The topological polar surface area (TPSA) is 57.2 Å². The van der Waals surface area contributed by atoms with Crippen LogP contribution in [0, 0.1) is 0 Å². The van der Waals surface area contributed by atoms with Gasteiger partial charge in [-0.25, -0.2) is 0 Å². The van der Waals surface area contributed by atoms with Crippen LogP contribution in [0.5, 0.6) is 0 Å². The van der Waals surface area contributed by atoms with Crippen molar-refractivity contribution in [3.63, 3.8) is 0 Å². The summed E-state index contributed by atoms with van der Waals surface area (Å²) in [6, 6.07) is 21.4. The van der Waals surface area contributed by atoms with Crippen molar-refractivity contribution in [1.82, 2.24) is 0 Å². The first-order valence-electron chi connectivity index (χ1n) is 10.2. The first-order chi connectivity index (χ1) is 16.5. The van der Waals surface area contributed by atoms with Crippen LogP contribution in [0.4, 0.5) is 0 Å². The van der Waals surface area contributed by atoms with Crippen molar-refractivity contribution < 1.29 is 4.55 Å². The molecule has 0 radical (unpaired) electrons. The predicted molar refractivity (Wildman–Crippen MR) is 146 cm³/mol. The zero-order valence-corrected chi connectivity index (χ0v) is 21.1. The van der Waals surface area contributed by atoms with Crippen LogP contribution < -0.4 is 10.9 Å². The van der Waals surface area contributed by atoms with Crippen LogP contribution in [0.2, 0.25) is 10.0 Å². The Morgan fingerprint density at radius 2 is 1.00 bits per heavy atom. The van der Waals surface area contributed by atoms with Crippen molar-refractivity contribution in [2.75, 3.05) is 0 Å². The van der Waals surface area contributed by atoms with Gasteiger partial charge in [-0.15, -0.1) is 22.7 Å². The first kappa shape index (κ1) is 22.0. The van der Waals surface area contributed by atoms with Crippen LogP contribution in [0.3, 0.4) is 0 Å². The summed E-state index contributed by atoms with van der Waals surface area (Å²) in [6.45, 7) is 0. The van der Waals surface area contributed by atoms with Crippen LogP contribution >= 0.6 is 45.9 Å².